The van der Waals surface area contributed by atoms with Crippen LogP contribution < -0.4 is 4.74 Å². The molecule has 0 unspecified atom stereocenters. The predicted octanol–water partition coefficient (Wildman–Crippen LogP) is 13.8. The lowest BCUT2D eigenvalue weighted by atomic mass is 9.88. The van der Waals surface area contributed by atoms with Gasteiger partial charge >= 0.3 is 77.6 Å². The summed E-state index contributed by atoms with van der Waals surface area (Å²) in [4.78, 5) is 38.8. The summed E-state index contributed by atoms with van der Waals surface area (Å²) in [5.74, 6) is -65.8. The van der Waals surface area contributed by atoms with Crippen LogP contribution in [0, 0.1) is 0 Å². The van der Waals surface area contributed by atoms with Crippen molar-refractivity contribution < 1.29 is 139 Å². The van der Waals surface area contributed by atoms with Gasteiger partial charge in [0.1, 0.15) is 36.3 Å². The van der Waals surface area contributed by atoms with Crippen molar-refractivity contribution in [3.63, 3.8) is 0 Å². The summed E-state index contributed by atoms with van der Waals surface area (Å²) in [6, 6.07) is 3.63. The van der Waals surface area contributed by atoms with Gasteiger partial charge in [0.2, 0.25) is 0 Å². The topological polar surface area (TPSA) is 107 Å². The van der Waals surface area contributed by atoms with Crippen molar-refractivity contribution in [3.05, 3.63) is 54.1 Å². The Bertz CT molecular complexity index is 2150. The first kappa shape index (κ1) is 67.6. The van der Waals surface area contributed by atoms with Crippen molar-refractivity contribution in [3.8, 4) is 5.75 Å². The molecule has 0 aliphatic carbocycles. The highest BCUT2D eigenvalue weighted by molar-refractivity contribution is 6.76. The average Bonchev–Trinajstić information content (AvgIpc) is 3.26. The van der Waals surface area contributed by atoms with Crippen LogP contribution >= 0.6 is 0 Å². The fraction of sp³-hybridized carbons (Fsp3) is 0.705. The molecule has 76 heavy (non-hydrogen) atoms. The number of ether oxygens (including phenoxy) is 5. The van der Waals surface area contributed by atoms with Crippen LogP contribution in [0.1, 0.15) is 79.7 Å². The molecule has 1 aromatic carbocycles. The van der Waals surface area contributed by atoms with Crippen molar-refractivity contribution in [2.75, 3.05) is 6.61 Å². The number of rotatable bonds is 21. The van der Waals surface area contributed by atoms with Gasteiger partial charge in [-0.05, 0) is 74.2 Å². The molecule has 0 aromatic heterocycles. The van der Waals surface area contributed by atoms with Gasteiger partial charge in [0.05, 0.1) is 19.6 Å². The standard InChI is InChI=1S/C44H50F22O9Si/c1-23(2)76(24(3)4,20-18-36(47,48)43(61,62)63)75-31-14-16-32(67)72-25(5)21-34(69)74-26(6)30(13-15-33(68)73-27(31)7)71-22-28-9-11-29(12-10-28)70-19-8-17-35(45,46)37(49,50)38(51,52)39(53,54)40(55,56)41(57,58)42(59,60)44(64,65)66/h9-16,23-27,30-31H,8,17-22H2,1-7H3/t25-,26-,27+,30+,31+/m0/s1. The van der Waals surface area contributed by atoms with Gasteiger partial charge in [-0.3, -0.25) is 4.79 Å². The zero-order valence-corrected chi connectivity index (χ0v) is 41.6. The first-order valence-electron chi connectivity index (χ1n) is 22.2. The fourth-order valence-corrected chi connectivity index (χ4v) is 11.8. The molecule has 0 bridgehead atoms. The molecule has 0 fully saturated rings. The molecule has 438 valence electrons. The molecular formula is C44H50F22O9Si. The minimum absolute atomic E-state index is 0.176. The number of carbonyl (C=O) groups excluding carboxylic acids is 3. The highest BCUT2D eigenvalue weighted by Gasteiger charge is 2.95. The van der Waals surface area contributed by atoms with E-state index in [1.165, 1.54) is 20.8 Å². The van der Waals surface area contributed by atoms with E-state index < -0.39 is 173 Å². The number of cyclic esters (lactones) is 3. The number of esters is 3. The van der Waals surface area contributed by atoms with E-state index >= 15 is 0 Å². The van der Waals surface area contributed by atoms with E-state index in [1.54, 1.807) is 27.7 Å². The van der Waals surface area contributed by atoms with Crippen molar-refractivity contribution in [1.29, 1.82) is 0 Å². The summed E-state index contributed by atoms with van der Waals surface area (Å²) in [5.41, 5.74) is -1.07. The summed E-state index contributed by atoms with van der Waals surface area (Å²) in [6.07, 6.45) is -23.1. The van der Waals surface area contributed by atoms with E-state index in [4.69, 9.17) is 28.1 Å². The van der Waals surface area contributed by atoms with Crippen molar-refractivity contribution in [1.82, 2.24) is 0 Å². The van der Waals surface area contributed by atoms with Crippen LogP contribution in [0.2, 0.25) is 17.1 Å². The van der Waals surface area contributed by atoms with E-state index in [-0.39, 0.29) is 11.3 Å². The van der Waals surface area contributed by atoms with E-state index in [0.717, 1.165) is 48.6 Å². The largest absolute Gasteiger partial charge is 0.494 e. The van der Waals surface area contributed by atoms with Gasteiger partial charge < -0.3 is 28.1 Å². The quantitative estimate of drug-likeness (QED) is 0.0391. The van der Waals surface area contributed by atoms with Crippen LogP contribution in [0.4, 0.5) is 96.6 Å². The van der Waals surface area contributed by atoms with E-state index in [1.807, 2.05) is 0 Å². The van der Waals surface area contributed by atoms with Gasteiger partial charge in [0.15, 0.2) is 8.32 Å². The highest BCUT2D eigenvalue weighted by atomic mass is 28.4. The van der Waals surface area contributed by atoms with E-state index in [2.05, 4.69) is 0 Å². The smallest absolute Gasteiger partial charge is 0.460 e. The third kappa shape index (κ3) is 14.8. The second kappa shape index (κ2) is 24.3. The Balaban J connectivity index is 2.29. The Labute approximate surface area is 419 Å². The molecule has 0 saturated carbocycles. The molecule has 2 rings (SSSR count). The third-order valence-electron chi connectivity index (χ3n) is 11.8. The summed E-state index contributed by atoms with van der Waals surface area (Å²) in [7, 11) is -3.73. The Hall–Kier alpha value is -4.49. The maximum Gasteiger partial charge on any atom is 0.460 e. The summed E-state index contributed by atoms with van der Waals surface area (Å²) in [5, 5.41) is 0. The van der Waals surface area contributed by atoms with E-state index in [0.29, 0.717) is 0 Å². The van der Waals surface area contributed by atoms with Gasteiger partial charge in [-0.2, -0.15) is 96.6 Å². The number of carbonyl (C=O) groups is 3. The van der Waals surface area contributed by atoms with Gasteiger partial charge in [-0.15, -0.1) is 0 Å². The van der Waals surface area contributed by atoms with Gasteiger partial charge in [0, 0.05) is 25.0 Å². The lowest BCUT2D eigenvalue weighted by Gasteiger charge is -2.42. The Morgan fingerprint density at radius 2 is 1.00 bits per heavy atom. The second-order valence-corrected chi connectivity index (χ2v) is 23.0. The highest BCUT2D eigenvalue weighted by Crippen LogP contribution is 2.64. The Kier molecular flexibility index (Phi) is 21.6. The third-order valence-corrected chi connectivity index (χ3v) is 17.4. The molecule has 0 amide bonds. The maximum atomic E-state index is 14.3. The summed E-state index contributed by atoms with van der Waals surface area (Å²) < 4.78 is 332. The SMILES string of the molecule is CC(C)[Si](CCC(F)(F)C(F)(F)F)(O[C@@H]1C=CC(=O)O[C@@H](C)CC(=O)O[C@@H](C)[C@H](OCc2ccc(OCCCC(F)(F)C(F)(F)C(F)(F)C(F)(F)C(F)(F)C(F)(F)C(F)(F)C(F)(F)F)cc2)C=CC(=O)O[C@@H]1C)C(C)C. The number of benzene rings is 1. The number of halogens is 22. The maximum absolute atomic E-state index is 14.3. The van der Waals surface area contributed by atoms with Crippen LogP contribution in [0.25, 0.3) is 0 Å². The molecule has 9 nitrogen and oxygen atoms in total. The van der Waals surface area contributed by atoms with Gasteiger partial charge in [-0.25, -0.2) is 9.59 Å². The molecule has 0 spiro atoms. The molecule has 1 aromatic rings. The normalized spacial score (nSPS) is 21.5. The molecule has 1 aliphatic rings. The molecule has 0 radical (unpaired) electrons. The van der Waals surface area contributed by atoms with Gasteiger partial charge in [0.25, 0.3) is 0 Å². The number of hydrogen-bond donors (Lipinski definition) is 0. The van der Waals surface area contributed by atoms with Crippen molar-refractivity contribution >= 4 is 26.2 Å². The van der Waals surface area contributed by atoms with Crippen molar-refractivity contribution in [2.24, 2.45) is 0 Å². The minimum Gasteiger partial charge on any atom is -0.494 e. The molecule has 1 aliphatic heterocycles. The minimum atomic E-state index is -8.75. The molecule has 5 atom stereocenters. The van der Waals surface area contributed by atoms with Crippen LogP contribution in [0.15, 0.2) is 48.6 Å². The van der Waals surface area contributed by atoms with Crippen LogP contribution in [-0.2, 0) is 44.4 Å². The molecule has 1 heterocycles. The number of hydrogen-bond acceptors (Lipinski definition) is 9. The zero-order chi connectivity index (χ0) is 59.3. The molecule has 0 N–H and O–H groups in total. The zero-order valence-electron chi connectivity index (χ0n) is 40.6. The predicted molar refractivity (Wildman–Crippen MR) is 221 cm³/mol. The molecular weight excluding hydrogens is 1120 g/mol. The molecule has 0 saturated heterocycles. The van der Waals surface area contributed by atoms with Gasteiger partial charge in [-0.1, -0.05) is 39.8 Å². The lowest BCUT2D eigenvalue weighted by molar-refractivity contribution is -0.461. The van der Waals surface area contributed by atoms with Crippen molar-refractivity contribution in [2.45, 2.75) is 188 Å². The van der Waals surface area contributed by atoms with Crippen LogP contribution in [-0.4, -0.2) is 123 Å². The first-order chi connectivity index (χ1) is 34.1. The summed E-state index contributed by atoms with van der Waals surface area (Å²) >= 11 is 0. The summed E-state index contributed by atoms with van der Waals surface area (Å²) in [6.45, 7) is 8.36. The fourth-order valence-electron chi connectivity index (χ4n) is 7.15. The van der Waals surface area contributed by atoms with Crippen LogP contribution in [0.5, 0.6) is 5.75 Å². The lowest BCUT2D eigenvalue weighted by Crippen LogP contribution is -2.74. The number of alkyl halides is 22. The van der Waals surface area contributed by atoms with E-state index in [9.17, 15) is 111 Å². The Morgan fingerprint density at radius 1 is 0.553 bits per heavy atom. The average molecular weight is 1170 g/mol. The second-order valence-electron chi connectivity index (χ2n) is 18.1. The monoisotopic (exact) mass is 1170 g/mol. The Morgan fingerprint density at radius 3 is 1.47 bits per heavy atom. The molecule has 32 heteroatoms. The van der Waals surface area contributed by atoms with Crippen LogP contribution in [0.3, 0.4) is 0 Å². The first-order valence-corrected chi connectivity index (χ1v) is 24.5.